The number of aromatic nitrogens is 2. The molecule has 0 fully saturated rings. The number of nitrogens with zero attached hydrogens (tertiary/aromatic N) is 2. The highest BCUT2D eigenvalue weighted by atomic mass is 16.2. The van der Waals surface area contributed by atoms with Gasteiger partial charge in [-0.15, -0.1) is 0 Å². The SMILES string of the molecule is Cc1cc(/C=N\NC(=O)c2ccc[nH]2)c(C)n1-c1ccc2c(c1)CCC2. The van der Waals surface area contributed by atoms with Crippen LogP contribution in [0, 0.1) is 13.8 Å². The maximum Gasteiger partial charge on any atom is 0.287 e. The van der Waals surface area contributed by atoms with Gasteiger partial charge in [0.25, 0.3) is 5.91 Å². The Hall–Kier alpha value is -3.08. The lowest BCUT2D eigenvalue weighted by Crippen LogP contribution is -2.17. The van der Waals surface area contributed by atoms with Gasteiger partial charge >= 0.3 is 0 Å². The Kier molecular flexibility index (Phi) is 4.21. The molecule has 2 aromatic heterocycles. The molecule has 4 rings (SSSR count). The van der Waals surface area contributed by atoms with Crippen LogP contribution in [0.25, 0.3) is 5.69 Å². The summed E-state index contributed by atoms with van der Waals surface area (Å²) < 4.78 is 2.24. The van der Waals surface area contributed by atoms with Crippen molar-refractivity contribution in [3.8, 4) is 5.69 Å². The fourth-order valence-electron chi connectivity index (χ4n) is 3.71. The number of nitrogens with one attached hydrogen (secondary N) is 2. The summed E-state index contributed by atoms with van der Waals surface area (Å²) in [6, 6.07) is 12.3. The number of H-pyrrole nitrogens is 1. The average Bonchev–Trinajstić information content (AvgIpc) is 3.35. The summed E-state index contributed by atoms with van der Waals surface area (Å²) in [5, 5.41) is 4.11. The van der Waals surface area contributed by atoms with Crippen molar-refractivity contribution in [1.82, 2.24) is 15.0 Å². The van der Waals surface area contributed by atoms with Crippen LogP contribution < -0.4 is 5.43 Å². The van der Waals surface area contributed by atoms with Crippen molar-refractivity contribution >= 4 is 12.1 Å². The molecule has 1 aromatic carbocycles. The minimum absolute atomic E-state index is 0.251. The van der Waals surface area contributed by atoms with Gasteiger partial charge in [-0.25, -0.2) is 5.43 Å². The van der Waals surface area contributed by atoms with Crippen molar-refractivity contribution in [2.45, 2.75) is 33.1 Å². The zero-order valence-corrected chi connectivity index (χ0v) is 15.0. The molecule has 132 valence electrons. The zero-order valence-electron chi connectivity index (χ0n) is 15.0. The molecule has 0 unspecified atom stereocenters. The Morgan fingerprint density at radius 2 is 2.04 bits per heavy atom. The van der Waals surface area contributed by atoms with Gasteiger partial charge in [0.1, 0.15) is 5.69 Å². The molecule has 0 spiro atoms. The van der Waals surface area contributed by atoms with Crippen LogP contribution >= 0.6 is 0 Å². The van der Waals surface area contributed by atoms with Gasteiger partial charge in [0, 0.05) is 28.8 Å². The molecule has 0 bridgehead atoms. The number of aryl methyl sites for hydroxylation is 3. The van der Waals surface area contributed by atoms with Crippen LogP contribution in [0.4, 0.5) is 0 Å². The molecule has 1 aliphatic carbocycles. The number of amides is 1. The van der Waals surface area contributed by atoms with E-state index >= 15 is 0 Å². The summed E-state index contributed by atoms with van der Waals surface area (Å²) in [7, 11) is 0. The van der Waals surface area contributed by atoms with E-state index in [1.54, 1.807) is 24.5 Å². The van der Waals surface area contributed by atoms with Crippen LogP contribution in [0.2, 0.25) is 0 Å². The second-order valence-corrected chi connectivity index (χ2v) is 6.75. The van der Waals surface area contributed by atoms with Crippen LogP contribution in [0.15, 0.2) is 47.7 Å². The second kappa shape index (κ2) is 6.67. The van der Waals surface area contributed by atoms with Gasteiger partial charge in [-0.2, -0.15) is 5.10 Å². The van der Waals surface area contributed by atoms with Crippen molar-refractivity contribution in [3.05, 3.63) is 76.4 Å². The molecule has 2 heterocycles. The van der Waals surface area contributed by atoms with Gasteiger partial charge in [-0.05, 0) is 74.6 Å². The standard InChI is InChI=1S/C21H22N4O/c1-14-11-18(13-23-24-21(26)20-7-4-10-22-20)15(2)25(14)19-9-8-16-5-3-6-17(16)12-19/h4,7-13,22H,3,5-6H2,1-2H3,(H,24,26)/b23-13-. The number of carbonyl (C=O) groups is 1. The zero-order chi connectivity index (χ0) is 18.1. The van der Waals surface area contributed by atoms with Crippen molar-refractivity contribution in [3.63, 3.8) is 0 Å². The van der Waals surface area contributed by atoms with Crippen LogP contribution in [-0.2, 0) is 12.8 Å². The topological polar surface area (TPSA) is 62.2 Å². The van der Waals surface area contributed by atoms with Crippen LogP contribution in [0.1, 0.15) is 45.0 Å². The third-order valence-electron chi connectivity index (χ3n) is 5.02. The second-order valence-electron chi connectivity index (χ2n) is 6.75. The lowest BCUT2D eigenvalue weighted by atomic mass is 10.1. The maximum atomic E-state index is 11.9. The van der Waals surface area contributed by atoms with Crippen LogP contribution in [0.5, 0.6) is 0 Å². The maximum absolute atomic E-state index is 11.9. The van der Waals surface area contributed by atoms with Crippen molar-refractivity contribution in [1.29, 1.82) is 0 Å². The first-order valence-corrected chi connectivity index (χ1v) is 8.91. The Labute approximate surface area is 152 Å². The number of hydrogen-bond donors (Lipinski definition) is 2. The van der Waals surface area contributed by atoms with Crippen molar-refractivity contribution in [2.75, 3.05) is 0 Å². The number of rotatable bonds is 4. The molecule has 26 heavy (non-hydrogen) atoms. The first-order valence-electron chi connectivity index (χ1n) is 8.91. The molecule has 1 aliphatic rings. The van der Waals surface area contributed by atoms with Crippen LogP contribution in [0.3, 0.4) is 0 Å². The number of hydrazone groups is 1. The van der Waals surface area contributed by atoms with Gasteiger partial charge in [-0.1, -0.05) is 6.07 Å². The van der Waals surface area contributed by atoms with E-state index in [-0.39, 0.29) is 5.91 Å². The number of fused-ring (bicyclic) bond motifs is 1. The van der Waals surface area contributed by atoms with E-state index in [2.05, 4.69) is 58.2 Å². The first-order chi connectivity index (χ1) is 12.6. The lowest BCUT2D eigenvalue weighted by molar-refractivity contribution is 0.0951. The molecular formula is C21H22N4O. The van der Waals surface area contributed by atoms with Crippen molar-refractivity contribution in [2.24, 2.45) is 5.10 Å². The summed E-state index contributed by atoms with van der Waals surface area (Å²) in [5.41, 5.74) is 10.4. The summed E-state index contributed by atoms with van der Waals surface area (Å²) in [4.78, 5) is 14.8. The van der Waals surface area contributed by atoms with Gasteiger partial charge in [0.15, 0.2) is 0 Å². The highest BCUT2D eigenvalue weighted by Crippen LogP contribution is 2.27. The van der Waals surface area contributed by atoms with E-state index in [0.717, 1.165) is 17.0 Å². The predicted octanol–water partition coefficient (Wildman–Crippen LogP) is 3.67. The smallest absolute Gasteiger partial charge is 0.287 e. The molecule has 1 amide bonds. The molecule has 5 nitrogen and oxygen atoms in total. The molecule has 0 radical (unpaired) electrons. The Morgan fingerprint density at radius 1 is 1.19 bits per heavy atom. The largest absolute Gasteiger partial charge is 0.357 e. The Bertz CT molecular complexity index is 980. The van der Waals surface area contributed by atoms with Crippen LogP contribution in [-0.4, -0.2) is 21.7 Å². The highest BCUT2D eigenvalue weighted by Gasteiger charge is 2.14. The van der Waals surface area contributed by atoms with E-state index < -0.39 is 0 Å². The fourth-order valence-corrected chi connectivity index (χ4v) is 3.71. The van der Waals surface area contributed by atoms with Crippen molar-refractivity contribution < 1.29 is 4.79 Å². The monoisotopic (exact) mass is 346 g/mol. The minimum Gasteiger partial charge on any atom is -0.357 e. The molecular weight excluding hydrogens is 324 g/mol. The van der Waals surface area contributed by atoms with E-state index in [0.29, 0.717) is 5.69 Å². The Balaban J connectivity index is 1.57. The number of carbonyl (C=O) groups excluding carboxylic acids is 1. The van der Waals surface area contributed by atoms with Gasteiger partial charge in [0.05, 0.1) is 6.21 Å². The third kappa shape index (κ3) is 2.96. The average molecular weight is 346 g/mol. The fraction of sp³-hybridized carbons (Fsp3) is 0.238. The summed E-state index contributed by atoms with van der Waals surface area (Å²) in [6.45, 7) is 4.17. The van der Waals surface area contributed by atoms with E-state index in [1.165, 1.54) is 36.1 Å². The van der Waals surface area contributed by atoms with Gasteiger partial charge in [-0.3, -0.25) is 4.79 Å². The summed E-state index contributed by atoms with van der Waals surface area (Å²) >= 11 is 0. The van der Waals surface area contributed by atoms with E-state index in [4.69, 9.17) is 0 Å². The molecule has 0 saturated carbocycles. The molecule has 3 aromatic rings. The molecule has 0 atom stereocenters. The summed E-state index contributed by atoms with van der Waals surface area (Å²) in [6.07, 6.45) is 7.02. The number of benzene rings is 1. The minimum atomic E-state index is -0.251. The predicted molar refractivity (Wildman–Crippen MR) is 103 cm³/mol. The third-order valence-corrected chi connectivity index (χ3v) is 5.02. The van der Waals surface area contributed by atoms with E-state index in [1.807, 2.05) is 0 Å². The Morgan fingerprint density at radius 3 is 2.85 bits per heavy atom. The highest BCUT2D eigenvalue weighted by molar-refractivity contribution is 5.93. The normalized spacial score (nSPS) is 13.3. The molecule has 0 aliphatic heterocycles. The number of hydrogen-bond acceptors (Lipinski definition) is 2. The number of aromatic amines is 1. The molecule has 0 saturated heterocycles. The van der Waals surface area contributed by atoms with Gasteiger partial charge < -0.3 is 9.55 Å². The summed E-state index contributed by atoms with van der Waals surface area (Å²) in [5.74, 6) is -0.251. The first kappa shape index (κ1) is 16.4. The lowest BCUT2D eigenvalue weighted by Gasteiger charge is -2.11. The molecule has 5 heteroatoms. The van der Waals surface area contributed by atoms with E-state index in [9.17, 15) is 4.79 Å². The van der Waals surface area contributed by atoms with Gasteiger partial charge in [0.2, 0.25) is 0 Å². The quantitative estimate of drug-likeness (QED) is 0.549. The molecule has 2 N–H and O–H groups in total.